The second-order valence-corrected chi connectivity index (χ2v) is 7.87. The van der Waals surface area contributed by atoms with E-state index in [1.54, 1.807) is 19.2 Å². The summed E-state index contributed by atoms with van der Waals surface area (Å²) in [6, 6.07) is 12.0. The molecule has 1 heterocycles. The molecule has 0 bridgehead atoms. The van der Waals surface area contributed by atoms with Crippen LogP contribution in [-0.2, 0) is 11.3 Å². The minimum atomic E-state index is -0.794. The van der Waals surface area contributed by atoms with Crippen molar-refractivity contribution in [2.45, 2.75) is 38.0 Å². The van der Waals surface area contributed by atoms with Gasteiger partial charge in [-0.05, 0) is 48.7 Å². The molecule has 0 aromatic heterocycles. The number of aliphatic hydroxyl groups excluding tert-OH is 1. The standard InChI is InChI=1S/C23H27FN2O4/c1-29-20-7-8-22-16(11-20)13-26(18-5-6-18)23(28)9-10-25(22)14-19(27)15-30-21-4-2-3-17(24)12-21/h2-4,7-8,11-12,18-19,27H,5-6,9-10,13-15H2,1H3/t19-/m1/s1. The number of aliphatic hydroxyl groups is 1. The molecule has 6 nitrogen and oxygen atoms in total. The average Bonchev–Trinajstić information content (AvgIpc) is 3.57. The zero-order chi connectivity index (χ0) is 21.1. The lowest BCUT2D eigenvalue weighted by Gasteiger charge is -2.34. The molecular weight excluding hydrogens is 387 g/mol. The lowest BCUT2D eigenvalue weighted by molar-refractivity contribution is -0.132. The fourth-order valence-electron chi connectivity index (χ4n) is 3.86. The summed E-state index contributed by atoms with van der Waals surface area (Å²) in [6.07, 6.45) is 1.73. The van der Waals surface area contributed by atoms with Gasteiger partial charge in [0.2, 0.25) is 5.91 Å². The number of hydrogen-bond donors (Lipinski definition) is 1. The van der Waals surface area contributed by atoms with Crippen LogP contribution < -0.4 is 14.4 Å². The largest absolute Gasteiger partial charge is 0.497 e. The molecule has 1 aliphatic carbocycles. The molecule has 0 spiro atoms. The molecule has 2 aromatic carbocycles. The predicted molar refractivity (Wildman–Crippen MR) is 111 cm³/mol. The van der Waals surface area contributed by atoms with E-state index < -0.39 is 6.10 Å². The van der Waals surface area contributed by atoms with Crippen molar-refractivity contribution in [2.24, 2.45) is 0 Å². The van der Waals surface area contributed by atoms with Crippen molar-refractivity contribution in [1.29, 1.82) is 0 Å². The van der Waals surface area contributed by atoms with Gasteiger partial charge in [-0.1, -0.05) is 6.07 Å². The van der Waals surface area contributed by atoms with Crippen LogP contribution >= 0.6 is 0 Å². The van der Waals surface area contributed by atoms with Crippen LogP contribution in [0, 0.1) is 5.82 Å². The Kier molecular flexibility index (Phi) is 6.08. The van der Waals surface area contributed by atoms with Crippen LogP contribution in [0.15, 0.2) is 42.5 Å². The first-order valence-corrected chi connectivity index (χ1v) is 10.3. The molecule has 7 heteroatoms. The maximum Gasteiger partial charge on any atom is 0.224 e. The summed E-state index contributed by atoms with van der Waals surface area (Å²) in [5.74, 6) is 0.878. The van der Waals surface area contributed by atoms with Gasteiger partial charge in [0.15, 0.2) is 0 Å². The van der Waals surface area contributed by atoms with Crippen molar-refractivity contribution >= 4 is 11.6 Å². The third-order valence-electron chi connectivity index (χ3n) is 5.54. The van der Waals surface area contributed by atoms with Gasteiger partial charge in [-0.2, -0.15) is 0 Å². The summed E-state index contributed by atoms with van der Waals surface area (Å²) in [5.41, 5.74) is 1.99. The number of carbonyl (C=O) groups is 1. The third-order valence-corrected chi connectivity index (χ3v) is 5.54. The first kappa shape index (κ1) is 20.5. The van der Waals surface area contributed by atoms with E-state index in [0.29, 0.717) is 37.8 Å². The van der Waals surface area contributed by atoms with Crippen LogP contribution in [0.1, 0.15) is 24.8 Å². The van der Waals surface area contributed by atoms with Crippen molar-refractivity contribution in [3.63, 3.8) is 0 Å². The number of ether oxygens (including phenoxy) is 2. The van der Waals surface area contributed by atoms with Crippen LogP contribution in [0.4, 0.5) is 10.1 Å². The zero-order valence-electron chi connectivity index (χ0n) is 17.1. The van der Waals surface area contributed by atoms with Gasteiger partial charge >= 0.3 is 0 Å². The van der Waals surface area contributed by atoms with E-state index in [1.165, 1.54) is 12.1 Å². The number of nitrogens with zero attached hydrogens (tertiary/aromatic N) is 2. The number of hydrogen-bond acceptors (Lipinski definition) is 5. The summed E-state index contributed by atoms with van der Waals surface area (Å²) >= 11 is 0. The van der Waals surface area contributed by atoms with E-state index in [9.17, 15) is 14.3 Å². The Labute approximate surface area is 175 Å². The Morgan fingerprint density at radius 3 is 2.77 bits per heavy atom. The van der Waals surface area contributed by atoms with Crippen LogP contribution in [0.5, 0.6) is 11.5 Å². The first-order chi connectivity index (χ1) is 14.5. The minimum absolute atomic E-state index is 0.0353. The molecule has 160 valence electrons. The minimum Gasteiger partial charge on any atom is -0.497 e. The highest BCUT2D eigenvalue weighted by molar-refractivity contribution is 5.79. The van der Waals surface area contributed by atoms with E-state index in [4.69, 9.17) is 9.47 Å². The Bertz CT molecular complexity index is 903. The van der Waals surface area contributed by atoms with Crippen molar-refractivity contribution in [1.82, 2.24) is 4.90 Å². The smallest absolute Gasteiger partial charge is 0.224 e. The normalized spacial score (nSPS) is 17.8. The molecule has 1 saturated carbocycles. The van der Waals surface area contributed by atoms with E-state index in [-0.39, 0.29) is 18.3 Å². The number of rotatable bonds is 7. The topological polar surface area (TPSA) is 62.2 Å². The molecule has 2 aromatic rings. The monoisotopic (exact) mass is 414 g/mol. The number of fused-ring (bicyclic) bond motifs is 1. The van der Waals surface area contributed by atoms with Crippen molar-refractivity contribution in [3.05, 3.63) is 53.8 Å². The van der Waals surface area contributed by atoms with Crippen molar-refractivity contribution < 1.29 is 23.8 Å². The highest BCUT2D eigenvalue weighted by atomic mass is 19.1. The van der Waals surface area contributed by atoms with E-state index >= 15 is 0 Å². The number of anilines is 1. The van der Waals surface area contributed by atoms with Gasteiger partial charge in [0.1, 0.15) is 30.0 Å². The number of methoxy groups -OCH3 is 1. The predicted octanol–water partition coefficient (Wildman–Crippen LogP) is 2.98. The van der Waals surface area contributed by atoms with Gasteiger partial charge in [-0.15, -0.1) is 0 Å². The fraction of sp³-hybridized carbons (Fsp3) is 0.435. The second-order valence-electron chi connectivity index (χ2n) is 7.87. The van der Waals surface area contributed by atoms with Crippen LogP contribution in [0.25, 0.3) is 0 Å². The van der Waals surface area contributed by atoms with Crippen molar-refractivity contribution in [2.75, 3.05) is 31.7 Å². The van der Waals surface area contributed by atoms with Gasteiger partial charge in [-0.3, -0.25) is 4.79 Å². The van der Waals surface area contributed by atoms with Gasteiger partial charge < -0.3 is 24.4 Å². The Balaban J connectivity index is 1.49. The van der Waals surface area contributed by atoms with Crippen LogP contribution in [0.2, 0.25) is 0 Å². The molecule has 1 fully saturated rings. The number of halogens is 1. The maximum atomic E-state index is 13.3. The molecular formula is C23H27FN2O4. The van der Waals surface area contributed by atoms with Gasteiger partial charge in [0.05, 0.1) is 7.11 Å². The van der Waals surface area contributed by atoms with Crippen LogP contribution in [-0.4, -0.2) is 54.9 Å². The molecule has 0 radical (unpaired) electrons. The van der Waals surface area contributed by atoms with Crippen molar-refractivity contribution in [3.8, 4) is 11.5 Å². The van der Waals surface area contributed by atoms with Gasteiger partial charge in [0.25, 0.3) is 0 Å². The van der Waals surface area contributed by atoms with E-state index in [1.807, 2.05) is 28.0 Å². The lowest BCUT2D eigenvalue weighted by atomic mass is 10.1. The molecule has 0 saturated heterocycles. The average molecular weight is 414 g/mol. The third kappa shape index (κ3) is 4.84. The summed E-state index contributed by atoms with van der Waals surface area (Å²) in [6.45, 7) is 1.40. The van der Waals surface area contributed by atoms with Crippen LogP contribution in [0.3, 0.4) is 0 Å². The quantitative estimate of drug-likeness (QED) is 0.755. The van der Waals surface area contributed by atoms with Gasteiger partial charge in [-0.25, -0.2) is 4.39 Å². The highest BCUT2D eigenvalue weighted by Crippen LogP contribution is 2.34. The molecule has 30 heavy (non-hydrogen) atoms. The Hall–Kier alpha value is -2.80. The Morgan fingerprint density at radius 2 is 2.03 bits per heavy atom. The summed E-state index contributed by atoms with van der Waals surface area (Å²) in [4.78, 5) is 16.7. The molecule has 0 unspecified atom stereocenters. The fourth-order valence-corrected chi connectivity index (χ4v) is 3.86. The molecule has 2 aliphatic rings. The number of β-amino-alcohol motifs (C(OH)–C–C–N with tert-alkyl or cyclic N) is 1. The number of benzene rings is 2. The second kappa shape index (κ2) is 8.92. The maximum absolute atomic E-state index is 13.3. The Morgan fingerprint density at radius 1 is 1.20 bits per heavy atom. The zero-order valence-corrected chi connectivity index (χ0v) is 17.1. The number of amides is 1. The van der Waals surface area contributed by atoms with E-state index in [2.05, 4.69) is 0 Å². The SMILES string of the molecule is COc1ccc2c(c1)CN(C1CC1)C(=O)CCN2C[C@@H](O)COc1cccc(F)c1. The summed E-state index contributed by atoms with van der Waals surface area (Å²) < 4.78 is 24.2. The highest BCUT2D eigenvalue weighted by Gasteiger charge is 2.34. The molecule has 4 rings (SSSR count). The first-order valence-electron chi connectivity index (χ1n) is 10.3. The summed E-state index contributed by atoms with van der Waals surface area (Å²) in [5, 5.41) is 10.6. The molecule has 1 amide bonds. The molecule has 1 aliphatic heterocycles. The lowest BCUT2D eigenvalue weighted by Crippen LogP contribution is -2.42. The molecule has 1 N–H and O–H groups in total. The summed E-state index contributed by atoms with van der Waals surface area (Å²) in [7, 11) is 1.62. The van der Waals surface area contributed by atoms with E-state index in [0.717, 1.165) is 29.8 Å². The van der Waals surface area contributed by atoms with Gasteiger partial charge in [0, 0.05) is 43.9 Å². The molecule has 1 atom stereocenters. The number of carbonyl (C=O) groups excluding carboxylic acids is 1.